The topological polar surface area (TPSA) is 68.9 Å². The van der Waals surface area contributed by atoms with E-state index in [4.69, 9.17) is 11.6 Å². The number of carbonyl (C=O) groups is 1. The summed E-state index contributed by atoms with van der Waals surface area (Å²) < 4.78 is 29.5. The number of hydrogen-bond acceptors (Lipinski definition) is 3. The number of rotatable bonds is 5. The summed E-state index contributed by atoms with van der Waals surface area (Å²) in [5.41, 5.74) is -1.16. The van der Waals surface area contributed by atoms with E-state index in [2.05, 4.69) is 10.4 Å². The molecule has 0 radical (unpaired) electrons. The molecule has 26 heavy (non-hydrogen) atoms. The van der Waals surface area contributed by atoms with Gasteiger partial charge in [0.2, 0.25) is 5.91 Å². The summed E-state index contributed by atoms with van der Waals surface area (Å²) in [6, 6.07) is 3.58. The number of aromatic nitrogens is 3. The van der Waals surface area contributed by atoms with Crippen LogP contribution in [0, 0.1) is 5.82 Å². The van der Waals surface area contributed by atoms with Gasteiger partial charge in [-0.15, -0.1) is 0 Å². The standard InChI is InChI=1S/C17H19ClF2N4O2/c1-10(11-3-4-13(18)14(19)5-11)22-15(25)8-24-16(26)23(9-21-24)12-6-17(2,20)7-12/h3-5,9-10,12H,6-8H2,1-2H3,(H,22,25)/t10-,12?,17?/m0/s1. The Morgan fingerprint density at radius 2 is 2.19 bits per heavy atom. The predicted octanol–water partition coefficient (Wildman–Crippen LogP) is 2.78. The number of benzene rings is 1. The maximum absolute atomic E-state index is 13.6. The molecule has 0 unspecified atom stereocenters. The van der Waals surface area contributed by atoms with Crippen molar-refractivity contribution in [1.82, 2.24) is 19.7 Å². The zero-order valence-electron chi connectivity index (χ0n) is 14.4. The first kappa shape index (κ1) is 18.6. The van der Waals surface area contributed by atoms with Crippen molar-refractivity contribution in [3.05, 3.63) is 51.4 Å². The lowest BCUT2D eigenvalue weighted by atomic mass is 9.79. The third kappa shape index (κ3) is 3.80. The average Bonchev–Trinajstić information content (AvgIpc) is 2.88. The molecule has 3 rings (SSSR count). The lowest BCUT2D eigenvalue weighted by molar-refractivity contribution is -0.122. The summed E-state index contributed by atoms with van der Waals surface area (Å²) in [5.74, 6) is -1.01. The number of nitrogens with zero attached hydrogens (tertiary/aromatic N) is 3. The third-order valence-corrected chi connectivity index (χ3v) is 4.89. The molecule has 0 bridgehead atoms. The van der Waals surface area contributed by atoms with Crippen molar-refractivity contribution in [1.29, 1.82) is 0 Å². The van der Waals surface area contributed by atoms with Gasteiger partial charge in [0.15, 0.2) is 0 Å². The normalized spacial score (nSPS) is 23.3. The summed E-state index contributed by atoms with van der Waals surface area (Å²) in [6.07, 6.45) is 1.83. The van der Waals surface area contributed by atoms with Gasteiger partial charge >= 0.3 is 5.69 Å². The highest BCUT2D eigenvalue weighted by atomic mass is 35.5. The van der Waals surface area contributed by atoms with E-state index in [0.29, 0.717) is 5.56 Å². The molecule has 1 N–H and O–H groups in total. The Kier molecular flexibility index (Phi) is 4.88. The molecule has 2 aromatic rings. The van der Waals surface area contributed by atoms with E-state index in [-0.39, 0.29) is 30.5 Å². The molecule has 1 aromatic heterocycles. The van der Waals surface area contributed by atoms with Crippen LogP contribution >= 0.6 is 11.6 Å². The molecule has 1 saturated carbocycles. The van der Waals surface area contributed by atoms with Gasteiger partial charge in [-0.2, -0.15) is 5.10 Å². The second-order valence-corrected chi connectivity index (χ2v) is 7.32. The summed E-state index contributed by atoms with van der Waals surface area (Å²) in [6.45, 7) is 2.91. The predicted molar refractivity (Wildman–Crippen MR) is 92.2 cm³/mol. The Labute approximate surface area is 153 Å². The largest absolute Gasteiger partial charge is 0.348 e. The van der Waals surface area contributed by atoms with E-state index in [1.165, 1.54) is 30.0 Å². The van der Waals surface area contributed by atoms with E-state index < -0.39 is 29.1 Å². The fraction of sp³-hybridized carbons (Fsp3) is 0.471. The van der Waals surface area contributed by atoms with Crippen molar-refractivity contribution in [2.75, 3.05) is 0 Å². The van der Waals surface area contributed by atoms with Crippen LogP contribution in [-0.4, -0.2) is 25.9 Å². The minimum absolute atomic E-state index is 0.00439. The monoisotopic (exact) mass is 384 g/mol. The van der Waals surface area contributed by atoms with Crippen LogP contribution in [-0.2, 0) is 11.3 Å². The Morgan fingerprint density at radius 3 is 2.81 bits per heavy atom. The van der Waals surface area contributed by atoms with E-state index in [9.17, 15) is 18.4 Å². The van der Waals surface area contributed by atoms with Gasteiger partial charge in [-0.05, 0) is 31.5 Å². The molecule has 1 aliphatic carbocycles. The number of hydrogen-bond donors (Lipinski definition) is 1. The number of amides is 1. The Bertz CT molecular complexity index is 885. The summed E-state index contributed by atoms with van der Waals surface area (Å²) in [5, 5.41) is 6.60. The average molecular weight is 385 g/mol. The van der Waals surface area contributed by atoms with Gasteiger partial charge in [-0.3, -0.25) is 9.36 Å². The molecule has 0 spiro atoms. The van der Waals surface area contributed by atoms with Crippen LogP contribution in [0.1, 0.15) is 44.3 Å². The molecule has 0 aliphatic heterocycles. The first-order chi connectivity index (χ1) is 12.2. The maximum Gasteiger partial charge on any atom is 0.346 e. The number of alkyl halides is 1. The second kappa shape index (κ2) is 6.83. The third-order valence-electron chi connectivity index (χ3n) is 4.59. The van der Waals surface area contributed by atoms with Gasteiger partial charge in [0, 0.05) is 18.9 Å². The molecule has 6 nitrogen and oxygen atoms in total. The van der Waals surface area contributed by atoms with Gasteiger partial charge < -0.3 is 5.32 Å². The summed E-state index contributed by atoms with van der Waals surface area (Å²) >= 11 is 5.64. The SMILES string of the molecule is C[C@H](NC(=O)Cn1ncn(C2CC(C)(F)C2)c1=O)c1ccc(Cl)c(F)c1. The van der Waals surface area contributed by atoms with Gasteiger partial charge in [-0.1, -0.05) is 17.7 Å². The van der Waals surface area contributed by atoms with Crippen molar-refractivity contribution in [2.45, 2.75) is 51.0 Å². The van der Waals surface area contributed by atoms with Crippen molar-refractivity contribution in [3.63, 3.8) is 0 Å². The van der Waals surface area contributed by atoms with Crippen LogP contribution in [0.3, 0.4) is 0 Å². The van der Waals surface area contributed by atoms with Crippen LogP contribution in [0.25, 0.3) is 0 Å². The quantitative estimate of drug-likeness (QED) is 0.861. The van der Waals surface area contributed by atoms with E-state index in [0.717, 1.165) is 4.68 Å². The van der Waals surface area contributed by atoms with Gasteiger partial charge in [-0.25, -0.2) is 18.3 Å². The highest BCUT2D eigenvalue weighted by Gasteiger charge is 2.42. The van der Waals surface area contributed by atoms with Crippen LogP contribution in [0.4, 0.5) is 8.78 Å². The molecule has 0 saturated heterocycles. The van der Waals surface area contributed by atoms with E-state index in [1.54, 1.807) is 13.0 Å². The Hall–Kier alpha value is -2.22. The molecule has 1 aromatic carbocycles. The maximum atomic E-state index is 13.6. The van der Waals surface area contributed by atoms with Crippen LogP contribution < -0.4 is 11.0 Å². The first-order valence-corrected chi connectivity index (χ1v) is 8.61. The summed E-state index contributed by atoms with van der Waals surface area (Å²) in [4.78, 5) is 24.5. The molecule has 9 heteroatoms. The van der Waals surface area contributed by atoms with Crippen LogP contribution in [0.2, 0.25) is 5.02 Å². The van der Waals surface area contributed by atoms with Crippen molar-refractivity contribution >= 4 is 17.5 Å². The number of carbonyl (C=O) groups excluding carboxylic acids is 1. The molecule has 1 amide bonds. The lowest BCUT2D eigenvalue weighted by Crippen LogP contribution is -2.42. The van der Waals surface area contributed by atoms with Crippen LogP contribution in [0.5, 0.6) is 0 Å². The lowest BCUT2D eigenvalue weighted by Gasteiger charge is -2.38. The molecule has 140 valence electrons. The second-order valence-electron chi connectivity index (χ2n) is 6.92. The number of halogens is 3. The van der Waals surface area contributed by atoms with Gasteiger partial charge in [0.25, 0.3) is 0 Å². The fourth-order valence-electron chi connectivity index (χ4n) is 3.12. The summed E-state index contributed by atoms with van der Waals surface area (Å²) in [7, 11) is 0. The zero-order chi connectivity index (χ0) is 19.1. The molecule has 1 atom stereocenters. The molecule has 1 heterocycles. The highest BCUT2D eigenvalue weighted by Crippen LogP contribution is 2.43. The minimum atomic E-state index is -1.26. The molecular formula is C17H19ClF2N4O2. The molecule has 1 aliphatic rings. The zero-order valence-corrected chi connectivity index (χ0v) is 15.1. The minimum Gasteiger partial charge on any atom is -0.348 e. The molecule has 1 fully saturated rings. The van der Waals surface area contributed by atoms with E-state index >= 15 is 0 Å². The Morgan fingerprint density at radius 1 is 1.50 bits per heavy atom. The smallest absolute Gasteiger partial charge is 0.346 e. The molecular weight excluding hydrogens is 366 g/mol. The van der Waals surface area contributed by atoms with Crippen LogP contribution in [0.15, 0.2) is 29.3 Å². The van der Waals surface area contributed by atoms with Crippen molar-refractivity contribution in [3.8, 4) is 0 Å². The highest BCUT2D eigenvalue weighted by molar-refractivity contribution is 6.30. The fourth-order valence-corrected chi connectivity index (χ4v) is 3.23. The first-order valence-electron chi connectivity index (χ1n) is 8.23. The van der Waals surface area contributed by atoms with Crippen molar-refractivity contribution in [2.24, 2.45) is 0 Å². The van der Waals surface area contributed by atoms with Crippen molar-refractivity contribution < 1.29 is 13.6 Å². The van der Waals surface area contributed by atoms with Gasteiger partial charge in [0.1, 0.15) is 24.4 Å². The van der Waals surface area contributed by atoms with Gasteiger partial charge in [0.05, 0.1) is 11.1 Å². The Balaban J connectivity index is 1.62. The number of nitrogens with one attached hydrogen (secondary N) is 1. The van der Waals surface area contributed by atoms with E-state index in [1.807, 2.05) is 0 Å².